The summed E-state index contributed by atoms with van der Waals surface area (Å²) in [5, 5.41) is 4.46. The first-order chi connectivity index (χ1) is 13.6. The lowest BCUT2D eigenvalue weighted by molar-refractivity contribution is -0.138. The van der Waals surface area contributed by atoms with Gasteiger partial charge in [-0.05, 0) is 43.2 Å². The molecule has 3 aromatic rings. The van der Waals surface area contributed by atoms with E-state index in [1.807, 2.05) is 56.3 Å². The van der Waals surface area contributed by atoms with E-state index >= 15 is 0 Å². The van der Waals surface area contributed by atoms with Crippen LogP contribution in [0.25, 0.3) is 10.9 Å². The highest BCUT2D eigenvalue weighted by atomic mass is 16.5. The maximum Gasteiger partial charge on any atom is 0.336 e. The number of hydrogen-bond donors (Lipinski definition) is 1. The molecule has 0 aliphatic carbocycles. The molecule has 0 fully saturated rings. The molecule has 1 atom stereocenters. The van der Waals surface area contributed by atoms with Gasteiger partial charge in [-0.1, -0.05) is 30.3 Å². The summed E-state index contributed by atoms with van der Waals surface area (Å²) >= 11 is 0. The number of hydrogen-bond acceptors (Lipinski definition) is 5. The van der Waals surface area contributed by atoms with Gasteiger partial charge in [0.15, 0.2) is 0 Å². The number of allylic oxidation sites excluding steroid dienone is 1. The Bertz CT molecular complexity index is 1070. The van der Waals surface area contributed by atoms with Crippen LogP contribution >= 0.6 is 0 Å². The second-order valence-electron chi connectivity index (χ2n) is 6.70. The zero-order valence-electron chi connectivity index (χ0n) is 16.2. The van der Waals surface area contributed by atoms with Crippen LogP contribution in [-0.2, 0) is 9.53 Å². The lowest BCUT2D eigenvalue weighted by Crippen LogP contribution is -2.24. The number of pyridine rings is 1. The van der Waals surface area contributed by atoms with Crippen molar-refractivity contribution in [1.29, 1.82) is 0 Å². The summed E-state index contributed by atoms with van der Waals surface area (Å²) in [6.07, 6.45) is 1.78. The molecule has 142 valence electrons. The van der Waals surface area contributed by atoms with Crippen molar-refractivity contribution in [1.82, 2.24) is 4.98 Å². The minimum absolute atomic E-state index is 0.243. The van der Waals surface area contributed by atoms with Gasteiger partial charge in [0.2, 0.25) is 0 Å². The van der Waals surface area contributed by atoms with Gasteiger partial charge in [0.05, 0.1) is 30.5 Å². The number of fused-ring (bicyclic) bond motifs is 3. The van der Waals surface area contributed by atoms with Crippen LogP contribution in [0.1, 0.15) is 30.9 Å². The number of benzene rings is 2. The number of methoxy groups -OCH3 is 1. The highest BCUT2D eigenvalue weighted by molar-refractivity contribution is 6.00. The molecular formula is C23H22N2O3. The van der Waals surface area contributed by atoms with Crippen LogP contribution in [0.5, 0.6) is 5.75 Å². The predicted molar refractivity (Wildman–Crippen MR) is 110 cm³/mol. The highest BCUT2D eigenvalue weighted by Gasteiger charge is 2.34. The van der Waals surface area contributed by atoms with Crippen molar-refractivity contribution in [3.63, 3.8) is 0 Å². The fourth-order valence-electron chi connectivity index (χ4n) is 3.78. The minimum Gasteiger partial charge on any atom is -0.497 e. The van der Waals surface area contributed by atoms with Crippen molar-refractivity contribution in [2.24, 2.45) is 0 Å². The van der Waals surface area contributed by atoms with Crippen molar-refractivity contribution >= 4 is 22.6 Å². The van der Waals surface area contributed by atoms with Crippen LogP contribution in [-0.4, -0.2) is 24.7 Å². The quantitative estimate of drug-likeness (QED) is 0.674. The van der Waals surface area contributed by atoms with Crippen LogP contribution in [0.2, 0.25) is 0 Å². The zero-order chi connectivity index (χ0) is 19.7. The first kappa shape index (κ1) is 18.0. The molecule has 2 aromatic carbocycles. The molecule has 1 aliphatic rings. The van der Waals surface area contributed by atoms with Gasteiger partial charge in [0.1, 0.15) is 5.75 Å². The molecule has 0 saturated carbocycles. The van der Waals surface area contributed by atoms with Crippen molar-refractivity contribution < 1.29 is 14.3 Å². The van der Waals surface area contributed by atoms with E-state index in [0.717, 1.165) is 39.2 Å². The predicted octanol–water partition coefficient (Wildman–Crippen LogP) is 4.64. The second-order valence-corrected chi connectivity index (χ2v) is 6.70. The molecule has 1 unspecified atom stereocenters. The van der Waals surface area contributed by atoms with Gasteiger partial charge in [-0.2, -0.15) is 0 Å². The van der Waals surface area contributed by atoms with Crippen LogP contribution in [0.4, 0.5) is 5.69 Å². The summed E-state index contributed by atoms with van der Waals surface area (Å²) in [6.45, 7) is 4.06. The summed E-state index contributed by atoms with van der Waals surface area (Å²) < 4.78 is 10.7. The molecule has 5 nitrogen and oxygen atoms in total. The molecular weight excluding hydrogens is 352 g/mol. The van der Waals surface area contributed by atoms with E-state index < -0.39 is 0 Å². The summed E-state index contributed by atoms with van der Waals surface area (Å²) in [6, 6.07) is 15.9. The topological polar surface area (TPSA) is 60.5 Å². The van der Waals surface area contributed by atoms with E-state index in [1.165, 1.54) is 0 Å². The van der Waals surface area contributed by atoms with Crippen molar-refractivity contribution in [2.75, 3.05) is 19.0 Å². The molecule has 4 rings (SSSR count). The van der Waals surface area contributed by atoms with Crippen molar-refractivity contribution in [3.05, 3.63) is 77.1 Å². The molecule has 1 N–H and O–H groups in total. The number of rotatable bonds is 4. The van der Waals surface area contributed by atoms with E-state index in [9.17, 15) is 4.79 Å². The Hall–Kier alpha value is -3.34. The number of ether oxygens (including phenoxy) is 2. The number of aromatic nitrogens is 1. The SMILES string of the molecule is CCOC(=O)C1=C(C)Nc2c(ccc3cccnc23)C1c1ccc(OC)cc1. The molecule has 2 heterocycles. The molecule has 0 saturated heterocycles. The number of nitrogens with one attached hydrogen (secondary N) is 1. The van der Waals surface area contributed by atoms with Gasteiger partial charge >= 0.3 is 5.97 Å². The standard InChI is InChI=1S/C23H22N2O3/c1-4-28-23(26)19-14(2)25-22-18(12-9-16-6-5-13-24-21(16)22)20(19)15-7-10-17(27-3)11-8-15/h5-13,20,25H,4H2,1-3H3. The molecule has 1 aromatic heterocycles. The number of anilines is 1. The zero-order valence-corrected chi connectivity index (χ0v) is 16.2. The van der Waals surface area contributed by atoms with Crippen LogP contribution < -0.4 is 10.1 Å². The smallest absolute Gasteiger partial charge is 0.336 e. The minimum atomic E-state index is -0.305. The maximum atomic E-state index is 12.8. The fourth-order valence-corrected chi connectivity index (χ4v) is 3.78. The molecule has 0 amide bonds. The Morgan fingerprint density at radius 3 is 2.64 bits per heavy atom. The summed E-state index contributed by atoms with van der Waals surface area (Å²) in [5.41, 5.74) is 5.23. The van der Waals surface area contributed by atoms with Crippen LogP contribution in [0.15, 0.2) is 66.0 Å². The summed E-state index contributed by atoms with van der Waals surface area (Å²) in [5.74, 6) is 0.226. The molecule has 5 heteroatoms. The Balaban J connectivity index is 1.94. The van der Waals surface area contributed by atoms with Gasteiger partial charge in [-0.3, -0.25) is 4.98 Å². The van der Waals surface area contributed by atoms with Gasteiger partial charge in [0.25, 0.3) is 0 Å². The van der Waals surface area contributed by atoms with E-state index in [-0.39, 0.29) is 11.9 Å². The van der Waals surface area contributed by atoms with Crippen LogP contribution in [0, 0.1) is 0 Å². The fraction of sp³-hybridized carbons (Fsp3) is 0.217. The summed E-state index contributed by atoms with van der Waals surface area (Å²) in [7, 11) is 1.64. The highest BCUT2D eigenvalue weighted by Crippen LogP contribution is 2.44. The number of nitrogens with zero attached hydrogens (tertiary/aromatic N) is 1. The second kappa shape index (κ2) is 7.35. The van der Waals surface area contributed by atoms with Crippen LogP contribution in [0.3, 0.4) is 0 Å². The largest absolute Gasteiger partial charge is 0.497 e. The Kier molecular flexibility index (Phi) is 4.74. The van der Waals surface area contributed by atoms with Gasteiger partial charge in [0, 0.05) is 23.2 Å². The van der Waals surface area contributed by atoms with Crippen molar-refractivity contribution in [2.45, 2.75) is 19.8 Å². The number of esters is 1. The van der Waals surface area contributed by atoms with E-state index in [0.29, 0.717) is 12.2 Å². The van der Waals surface area contributed by atoms with Gasteiger partial charge < -0.3 is 14.8 Å². The molecule has 0 spiro atoms. The monoisotopic (exact) mass is 374 g/mol. The third-order valence-electron chi connectivity index (χ3n) is 5.07. The van der Waals surface area contributed by atoms with E-state index in [4.69, 9.17) is 9.47 Å². The molecule has 28 heavy (non-hydrogen) atoms. The van der Waals surface area contributed by atoms with Gasteiger partial charge in [-0.15, -0.1) is 0 Å². The van der Waals surface area contributed by atoms with Crippen molar-refractivity contribution in [3.8, 4) is 5.75 Å². The first-order valence-corrected chi connectivity index (χ1v) is 9.30. The maximum absolute atomic E-state index is 12.8. The molecule has 0 bridgehead atoms. The average molecular weight is 374 g/mol. The van der Waals surface area contributed by atoms with Gasteiger partial charge in [-0.25, -0.2) is 4.79 Å². The molecule has 1 aliphatic heterocycles. The third kappa shape index (κ3) is 2.99. The Labute approximate surface area is 164 Å². The number of carbonyl (C=O) groups is 1. The lowest BCUT2D eigenvalue weighted by Gasteiger charge is -2.30. The molecule has 0 radical (unpaired) electrons. The lowest BCUT2D eigenvalue weighted by atomic mass is 9.80. The normalized spacial score (nSPS) is 15.8. The average Bonchev–Trinajstić information content (AvgIpc) is 2.73. The Morgan fingerprint density at radius 1 is 1.14 bits per heavy atom. The Morgan fingerprint density at radius 2 is 1.93 bits per heavy atom. The number of carbonyl (C=O) groups excluding carboxylic acids is 1. The van der Waals surface area contributed by atoms with E-state index in [1.54, 1.807) is 13.3 Å². The third-order valence-corrected chi connectivity index (χ3v) is 5.07. The first-order valence-electron chi connectivity index (χ1n) is 9.30. The summed E-state index contributed by atoms with van der Waals surface area (Å²) in [4.78, 5) is 17.4. The van der Waals surface area contributed by atoms with E-state index in [2.05, 4.69) is 16.4 Å².